The van der Waals surface area contributed by atoms with Crippen molar-refractivity contribution in [1.82, 2.24) is 5.32 Å². The highest BCUT2D eigenvalue weighted by atomic mass is 19.1. The monoisotopic (exact) mass is 452 g/mol. The highest BCUT2D eigenvalue weighted by molar-refractivity contribution is 6.27. The van der Waals surface area contributed by atoms with Crippen molar-refractivity contribution in [1.29, 1.82) is 0 Å². The fourth-order valence-electron chi connectivity index (χ4n) is 2.84. The standard InChI is InChI=1S/C23H23FN2O.C2H2O4/c1-16-6-9-20(10-7-16)23(27)26-21-5-3-4-18(13-21)14-25-15-19-8-11-22(24)17(2)12-19;3-1(4)2(5)6/h3-13,25H,14-15H2,1-2H3,(H,26,27);(H,3,4)(H,5,6). The molecule has 0 aliphatic heterocycles. The van der Waals surface area contributed by atoms with Crippen LogP contribution in [0.2, 0.25) is 0 Å². The van der Waals surface area contributed by atoms with Gasteiger partial charge in [-0.2, -0.15) is 0 Å². The van der Waals surface area contributed by atoms with Gasteiger partial charge in [0.15, 0.2) is 0 Å². The number of benzene rings is 3. The van der Waals surface area contributed by atoms with Crippen molar-refractivity contribution in [3.8, 4) is 0 Å². The van der Waals surface area contributed by atoms with Crippen LogP contribution in [0.25, 0.3) is 0 Å². The molecular weight excluding hydrogens is 427 g/mol. The molecule has 3 rings (SSSR count). The van der Waals surface area contributed by atoms with Gasteiger partial charge in [-0.05, 0) is 60.9 Å². The van der Waals surface area contributed by atoms with E-state index in [1.165, 1.54) is 6.07 Å². The van der Waals surface area contributed by atoms with E-state index >= 15 is 0 Å². The molecule has 0 saturated heterocycles. The number of carbonyl (C=O) groups is 3. The van der Waals surface area contributed by atoms with Crippen LogP contribution in [-0.4, -0.2) is 28.1 Å². The Morgan fingerprint density at radius 3 is 2.00 bits per heavy atom. The van der Waals surface area contributed by atoms with E-state index in [0.717, 1.165) is 22.4 Å². The van der Waals surface area contributed by atoms with E-state index in [2.05, 4.69) is 10.6 Å². The van der Waals surface area contributed by atoms with Crippen LogP contribution in [0.3, 0.4) is 0 Å². The minimum atomic E-state index is -1.82. The van der Waals surface area contributed by atoms with Gasteiger partial charge in [-0.15, -0.1) is 0 Å². The number of carboxylic acids is 2. The molecule has 8 heteroatoms. The van der Waals surface area contributed by atoms with Gasteiger partial charge in [0.25, 0.3) is 5.91 Å². The van der Waals surface area contributed by atoms with Gasteiger partial charge in [-0.3, -0.25) is 4.79 Å². The zero-order chi connectivity index (χ0) is 24.4. The van der Waals surface area contributed by atoms with Crippen LogP contribution < -0.4 is 10.6 Å². The lowest BCUT2D eigenvalue weighted by atomic mass is 10.1. The zero-order valence-corrected chi connectivity index (χ0v) is 18.3. The van der Waals surface area contributed by atoms with E-state index in [1.54, 1.807) is 13.0 Å². The summed E-state index contributed by atoms with van der Waals surface area (Å²) < 4.78 is 13.3. The number of aryl methyl sites for hydroxylation is 2. The fourth-order valence-corrected chi connectivity index (χ4v) is 2.84. The van der Waals surface area contributed by atoms with E-state index in [4.69, 9.17) is 19.8 Å². The summed E-state index contributed by atoms with van der Waals surface area (Å²) in [6.07, 6.45) is 0. The summed E-state index contributed by atoms with van der Waals surface area (Å²) in [6, 6.07) is 20.4. The van der Waals surface area contributed by atoms with Crippen LogP contribution >= 0.6 is 0 Å². The van der Waals surface area contributed by atoms with Gasteiger partial charge in [-0.25, -0.2) is 14.0 Å². The second kappa shape index (κ2) is 12.1. The third-order valence-electron chi connectivity index (χ3n) is 4.56. The van der Waals surface area contributed by atoms with Gasteiger partial charge >= 0.3 is 11.9 Å². The van der Waals surface area contributed by atoms with Crippen LogP contribution in [-0.2, 0) is 22.7 Å². The molecule has 0 atom stereocenters. The second-order valence-electron chi connectivity index (χ2n) is 7.32. The molecule has 0 aliphatic carbocycles. The highest BCUT2D eigenvalue weighted by Crippen LogP contribution is 2.14. The first kappa shape index (κ1) is 25.2. The molecule has 3 aromatic rings. The van der Waals surface area contributed by atoms with Crippen molar-refractivity contribution in [3.05, 3.63) is 100 Å². The maximum atomic E-state index is 13.3. The molecule has 0 fully saturated rings. The second-order valence-corrected chi connectivity index (χ2v) is 7.32. The van der Waals surface area contributed by atoms with Crippen molar-refractivity contribution in [3.63, 3.8) is 0 Å². The van der Waals surface area contributed by atoms with Crippen molar-refractivity contribution >= 4 is 23.5 Å². The summed E-state index contributed by atoms with van der Waals surface area (Å²) in [4.78, 5) is 30.5. The van der Waals surface area contributed by atoms with Gasteiger partial charge < -0.3 is 20.8 Å². The van der Waals surface area contributed by atoms with E-state index in [1.807, 2.05) is 61.5 Å². The Kier molecular flexibility index (Phi) is 9.26. The average molecular weight is 452 g/mol. The maximum absolute atomic E-state index is 13.3. The first-order valence-electron chi connectivity index (χ1n) is 10.0. The molecule has 0 aromatic heterocycles. The summed E-state index contributed by atoms with van der Waals surface area (Å²) in [7, 11) is 0. The van der Waals surface area contributed by atoms with E-state index in [0.29, 0.717) is 24.2 Å². The Bertz CT molecular complexity index is 1120. The minimum absolute atomic E-state index is 0.123. The van der Waals surface area contributed by atoms with Gasteiger partial charge in [0.1, 0.15) is 5.82 Å². The molecule has 0 unspecified atom stereocenters. The molecule has 3 aromatic carbocycles. The first-order chi connectivity index (χ1) is 15.7. The Hall–Kier alpha value is -4.04. The Balaban J connectivity index is 0.000000569. The molecule has 1 amide bonds. The van der Waals surface area contributed by atoms with Gasteiger partial charge in [-0.1, -0.05) is 42.0 Å². The van der Waals surface area contributed by atoms with Gasteiger partial charge in [0, 0.05) is 24.3 Å². The zero-order valence-electron chi connectivity index (χ0n) is 18.3. The average Bonchev–Trinajstić information content (AvgIpc) is 2.77. The number of halogens is 1. The van der Waals surface area contributed by atoms with Crippen LogP contribution in [0.15, 0.2) is 66.7 Å². The number of amides is 1. The third kappa shape index (κ3) is 8.54. The largest absolute Gasteiger partial charge is 0.473 e. The summed E-state index contributed by atoms with van der Waals surface area (Å²) in [5.41, 5.74) is 5.27. The Morgan fingerprint density at radius 1 is 0.818 bits per heavy atom. The van der Waals surface area contributed by atoms with Crippen molar-refractivity contribution in [2.75, 3.05) is 5.32 Å². The molecule has 0 heterocycles. The van der Waals surface area contributed by atoms with Gasteiger partial charge in [0.05, 0.1) is 0 Å². The number of hydrogen-bond donors (Lipinski definition) is 4. The highest BCUT2D eigenvalue weighted by Gasteiger charge is 2.06. The lowest BCUT2D eigenvalue weighted by molar-refractivity contribution is -0.159. The molecule has 7 nitrogen and oxygen atoms in total. The van der Waals surface area contributed by atoms with Crippen LogP contribution in [0.1, 0.15) is 32.6 Å². The number of hydrogen-bond acceptors (Lipinski definition) is 4. The van der Waals surface area contributed by atoms with Gasteiger partial charge in [0.2, 0.25) is 0 Å². The van der Waals surface area contributed by atoms with Crippen LogP contribution in [0, 0.1) is 19.7 Å². The summed E-state index contributed by atoms with van der Waals surface area (Å²) >= 11 is 0. The molecule has 4 N–H and O–H groups in total. The molecular formula is C25H25FN2O5. The predicted molar refractivity (Wildman–Crippen MR) is 123 cm³/mol. The molecule has 0 aliphatic rings. The van der Waals surface area contributed by atoms with Crippen molar-refractivity contribution in [2.24, 2.45) is 0 Å². The number of aliphatic carboxylic acids is 2. The Morgan fingerprint density at radius 2 is 1.42 bits per heavy atom. The molecule has 0 spiro atoms. The number of rotatable bonds is 6. The SMILES string of the molecule is Cc1ccc(C(=O)Nc2cccc(CNCc3ccc(F)c(C)c3)c2)cc1.O=C(O)C(=O)O. The Labute approximate surface area is 190 Å². The van der Waals surface area contributed by atoms with Crippen LogP contribution in [0.5, 0.6) is 0 Å². The quantitative estimate of drug-likeness (QED) is 0.418. The minimum Gasteiger partial charge on any atom is -0.473 e. The molecule has 0 radical (unpaired) electrons. The summed E-state index contributed by atoms with van der Waals surface area (Å²) in [5, 5.41) is 21.1. The fraction of sp³-hybridized carbons (Fsp3) is 0.160. The molecule has 33 heavy (non-hydrogen) atoms. The normalized spacial score (nSPS) is 10.0. The van der Waals surface area contributed by atoms with Crippen molar-refractivity contribution < 1.29 is 29.0 Å². The number of nitrogens with one attached hydrogen (secondary N) is 2. The topological polar surface area (TPSA) is 116 Å². The molecule has 0 saturated carbocycles. The van der Waals surface area contributed by atoms with E-state index < -0.39 is 11.9 Å². The predicted octanol–water partition coefficient (Wildman–Crippen LogP) is 4.14. The van der Waals surface area contributed by atoms with E-state index in [-0.39, 0.29) is 11.7 Å². The smallest absolute Gasteiger partial charge is 0.414 e. The summed E-state index contributed by atoms with van der Waals surface area (Å²) in [6.45, 7) is 5.07. The summed E-state index contributed by atoms with van der Waals surface area (Å²) in [5.74, 6) is -3.96. The van der Waals surface area contributed by atoms with Crippen LogP contribution in [0.4, 0.5) is 10.1 Å². The lowest BCUT2D eigenvalue weighted by Crippen LogP contribution is -2.14. The third-order valence-corrected chi connectivity index (χ3v) is 4.56. The molecule has 0 bridgehead atoms. The number of carboxylic acid groups (broad SMARTS) is 2. The van der Waals surface area contributed by atoms with E-state index in [9.17, 15) is 9.18 Å². The maximum Gasteiger partial charge on any atom is 0.414 e. The first-order valence-corrected chi connectivity index (χ1v) is 10.0. The molecule has 172 valence electrons. The number of anilines is 1. The van der Waals surface area contributed by atoms with Crippen molar-refractivity contribution in [2.45, 2.75) is 26.9 Å². The number of carbonyl (C=O) groups excluding carboxylic acids is 1. The lowest BCUT2D eigenvalue weighted by Gasteiger charge is -2.09.